The Hall–Kier alpha value is -1.17. The van der Waals surface area contributed by atoms with Gasteiger partial charge in [-0.15, -0.1) is 0 Å². The summed E-state index contributed by atoms with van der Waals surface area (Å²) >= 11 is 5.94. The Balaban J connectivity index is 2.00. The van der Waals surface area contributed by atoms with Crippen molar-refractivity contribution in [2.24, 2.45) is 0 Å². The van der Waals surface area contributed by atoms with Gasteiger partial charge in [-0.2, -0.15) is 0 Å². The SMILES string of the molecule is O=[N+]([O-])c1ccc(CNC2COC2)c(Cl)c1. The van der Waals surface area contributed by atoms with E-state index in [2.05, 4.69) is 5.32 Å². The molecule has 86 valence electrons. The van der Waals surface area contributed by atoms with Crippen molar-refractivity contribution >= 4 is 17.3 Å². The molecule has 0 amide bonds. The molecule has 1 heterocycles. The van der Waals surface area contributed by atoms with E-state index < -0.39 is 4.92 Å². The van der Waals surface area contributed by atoms with Gasteiger partial charge in [-0.1, -0.05) is 11.6 Å². The van der Waals surface area contributed by atoms with Crippen LogP contribution in [0.15, 0.2) is 18.2 Å². The molecule has 1 aromatic carbocycles. The second-order valence-corrected chi connectivity index (χ2v) is 4.06. The molecule has 16 heavy (non-hydrogen) atoms. The van der Waals surface area contributed by atoms with Gasteiger partial charge in [0.25, 0.3) is 5.69 Å². The summed E-state index contributed by atoms with van der Waals surface area (Å²) in [6, 6.07) is 4.87. The number of non-ortho nitro benzene ring substituents is 1. The van der Waals surface area contributed by atoms with Crippen molar-refractivity contribution in [3.05, 3.63) is 38.9 Å². The van der Waals surface area contributed by atoms with E-state index in [1.54, 1.807) is 6.07 Å². The average molecular weight is 243 g/mol. The lowest BCUT2D eigenvalue weighted by atomic mass is 10.2. The van der Waals surface area contributed by atoms with Gasteiger partial charge in [-0.25, -0.2) is 0 Å². The maximum Gasteiger partial charge on any atom is 0.270 e. The van der Waals surface area contributed by atoms with Crippen LogP contribution < -0.4 is 5.32 Å². The van der Waals surface area contributed by atoms with Gasteiger partial charge in [-0.05, 0) is 11.6 Å². The van der Waals surface area contributed by atoms with Crippen molar-refractivity contribution in [2.45, 2.75) is 12.6 Å². The zero-order valence-electron chi connectivity index (χ0n) is 8.48. The molecule has 0 radical (unpaired) electrons. The van der Waals surface area contributed by atoms with Crippen molar-refractivity contribution in [1.82, 2.24) is 5.32 Å². The summed E-state index contributed by atoms with van der Waals surface area (Å²) in [5.74, 6) is 0. The van der Waals surface area contributed by atoms with Gasteiger partial charge < -0.3 is 10.1 Å². The fourth-order valence-electron chi connectivity index (χ4n) is 1.40. The van der Waals surface area contributed by atoms with Gasteiger partial charge in [0.1, 0.15) is 0 Å². The number of hydrogen-bond acceptors (Lipinski definition) is 4. The number of ether oxygens (including phenoxy) is 1. The molecule has 1 aromatic rings. The highest BCUT2D eigenvalue weighted by molar-refractivity contribution is 6.31. The Bertz CT molecular complexity index is 407. The van der Waals surface area contributed by atoms with E-state index in [9.17, 15) is 10.1 Å². The van der Waals surface area contributed by atoms with Crippen LogP contribution in [0.2, 0.25) is 5.02 Å². The van der Waals surface area contributed by atoms with Gasteiger partial charge in [0.05, 0.1) is 29.2 Å². The molecule has 1 fully saturated rings. The van der Waals surface area contributed by atoms with Crippen LogP contribution in [-0.2, 0) is 11.3 Å². The minimum atomic E-state index is -0.455. The molecular formula is C10H11ClN2O3. The normalized spacial score (nSPS) is 15.8. The van der Waals surface area contributed by atoms with Crippen molar-refractivity contribution in [2.75, 3.05) is 13.2 Å². The summed E-state index contributed by atoms with van der Waals surface area (Å²) in [6.07, 6.45) is 0. The van der Waals surface area contributed by atoms with Crippen LogP contribution in [0.5, 0.6) is 0 Å². The predicted octanol–water partition coefficient (Wildman–Crippen LogP) is 1.74. The lowest BCUT2D eigenvalue weighted by Gasteiger charge is -2.27. The smallest absolute Gasteiger partial charge is 0.270 e. The third kappa shape index (κ3) is 2.49. The minimum absolute atomic E-state index is 0.0146. The Morgan fingerprint density at radius 3 is 2.81 bits per heavy atom. The fourth-order valence-corrected chi connectivity index (χ4v) is 1.64. The molecule has 0 aliphatic carbocycles. The first-order valence-corrected chi connectivity index (χ1v) is 5.28. The third-order valence-electron chi connectivity index (χ3n) is 2.47. The van der Waals surface area contributed by atoms with Crippen molar-refractivity contribution in [3.63, 3.8) is 0 Å². The predicted molar refractivity (Wildman–Crippen MR) is 59.6 cm³/mol. The second-order valence-electron chi connectivity index (χ2n) is 3.65. The first-order chi connectivity index (χ1) is 7.66. The van der Waals surface area contributed by atoms with Crippen LogP contribution in [-0.4, -0.2) is 24.2 Å². The molecular weight excluding hydrogens is 232 g/mol. The summed E-state index contributed by atoms with van der Waals surface area (Å²) in [5.41, 5.74) is 0.875. The molecule has 1 aliphatic rings. The van der Waals surface area contributed by atoms with E-state index in [4.69, 9.17) is 16.3 Å². The number of nitro groups is 1. The highest BCUT2D eigenvalue weighted by Crippen LogP contribution is 2.22. The standard InChI is InChI=1S/C10H11ClN2O3/c11-10-3-9(13(14)15)2-1-7(10)4-12-8-5-16-6-8/h1-3,8,12H,4-6H2. The summed E-state index contributed by atoms with van der Waals surface area (Å²) in [5, 5.41) is 14.2. The van der Waals surface area contributed by atoms with Crippen molar-refractivity contribution in [1.29, 1.82) is 0 Å². The summed E-state index contributed by atoms with van der Waals surface area (Å²) in [4.78, 5) is 10.0. The molecule has 1 N–H and O–H groups in total. The number of nitro benzene ring substituents is 1. The van der Waals surface area contributed by atoms with Gasteiger partial charge in [0.15, 0.2) is 0 Å². The number of nitrogens with one attached hydrogen (secondary N) is 1. The average Bonchev–Trinajstić information content (AvgIpc) is 2.17. The molecule has 1 saturated heterocycles. The highest BCUT2D eigenvalue weighted by atomic mass is 35.5. The maximum absolute atomic E-state index is 10.5. The number of halogens is 1. The van der Waals surface area contributed by atoms with Gasteiger partial charge in [0.2, 0.25) is 0 Å². The zero-order valence-corrected chi connectivity index (χ0v) is 9.24. The second kappa shape index (κ2) is 4.78. The Morgan fingerprint density at radius 2 is 2.31 bits per heavy atom. The fraction of sp³-hybridized carbons (Fsp3) is 0.400. The van der Waals surface area contributed by atoms with Gasteiger partial charge in [-0.3, -0.25) is 10.1 Å². The van der Waals surface area contributed by atoms with E-state index in [1.807, 2.05) is 0 Å². The first-order valence-electron chi connectivity index (χ1n) is 4.91. The number of nitrogens with zero attached hydrogens (tertiary/aromatic N) is 1. The Morgan fingerprint density at radius 1 is 1.56 bits per heavy atom. The Kier molecular flexibility index (Phi) is 3.38. The molecule has 0 atom stereocenters. The highest BCUT2D eigenvalue weighted by Gasteiger charge is 2.18. The van der Waals surface area contributed by atoms with E-state index >= 15 is 0 Å². The topological polar surface area (TPSA) is 64.4 Å². The summed E-state index contributed by atoms with van der Waals surface area (Å²) in [7, 11) is 0. The van der Waals surface area contributed by atoms with Crippen LogP contribution >= 0.6 is 11.6 Å². The van der Waals surface area contributed by atoms with E-state index in [0.29, 0.717) is 30.8 Å². The quantitative estimate of drug-likeness (QED) is 0.645. The lowest BCUT2D eigenvalue weighted by molar-refractivity contribution is -0.384. The van der Waals surface area contributed by atoms with Crippen LogP contribution in [0.3, 0.4) is 0 Å². The number of hydrogen-bond donors (Lipinski definition) is 1. The van der Waals surface area contributed by atoms with E-state index in [0.717, 1.165) is 5.56 Å². The zero-order chi connectivity index (χ0) is 11.5. The molecule has 0 bridgehead atoms. The van der Waals surface area contributed by atoms with E-state index in [1.165, 1.54) is 12.1 Å². The Labute approximate surface area is 97.5 Å². The lowest BCUT2D eigenvalue weighted by Crippen LogP contribution is -2.45. The molecule has 1 aliphatic heterocycles. The van der Waals surface area contributed by atoms with Crippen molar-refractivity contribution < 1.29 is 9.66 Å². The van der Waals surface area contributed by atoms with Crippen LogP contribution in [0.1, 0.15) is 5.56 Å². The van der Waals surface area contributed by atoms with Crippen molar-refractivity contribution in [3.8, 4) is 0 Å². The van der Waals surface area contributed by atoms with Crippen LogP contribution in [0, 0.1) is 10.1 Å². The summed E-state index contributed by atoms with van der Waals surface area (Å²) in [6.45, 7) is 2.03. The number of rotatable bonds is 4. The largest absolute Gasteiger partial charge is 0.378 e. The molecule has 0 aromatic heterocycles. The molecule has 0 spiro atoms. The minimum Gasteiger partial charge on any atom is -0.378 e. The van der Waals surface area contributed by atoms with Crippen LogP contribution in [0.4, 0.5) is 5.69 Å². The third-order valence-corrected chi connectivity index (χ3v) is 2.82. The maximum atomic E-state index is 10.5. The molecule has 2 rings (SSSR count). The molecule has 5 nitrogen and oxygen atoms in total. The summed E-state index contributed by atoms with van der Waals surface area (Å²) < 4.78 is 5.02. The van der Waals surface area contributed by atoms with Crippen LogP contribution in [0.25, 0.3) is 0 Å². The molecule has 0 unspecified atom stereocenters. The molecule has 6 heteroatoms. The number of benzene rings is 1. The van der Waals surface area contributed by atoms with E-state index in [-0.39, 0.29) is 5.69 Å². The van der Waals surface area contributed by atoms with Gasteiger partial charge >= 0.3 is 0 Å². The van der Waals surface area contributed by atoms with Gasteiger partial charge in [0, 0.05) is 18.7 Å². The monoisotopic (exact) mass is 242 g/mol. The first kappa shape index (κ1) is 11.3. The molecule has 0 saturated carbocycles.